The molecule has 0 aliphatic carbocycles. The van der Waals surface area contributed by atoms with Gasteiger partial charge in [0.15, 0.2) is 17.5 Å². The van der Waals surface area contributed by atoms with Gasteiger partial charge in [-0.1, -0.05) is 109 Å². The SMILES string of the molecule is c1ccc(-c2nc(-c3ccccc3)nc(-c3ccc4c(c3)c3c5ccccc5ccc3n4-c3ccccc3)n2)cc1. The molecule has 0 atom stereocenters. The number of nitrogens with zero attached hydrogens (tertiary/aromatic N) is 4. The number of hydrogen-bond acceptors (Lipinski definition) is 3. The average Bonchev–Trinajstić information content (AvgIpc) is 3.40. The van der Waals surface area contributed by atoms with Gasteiger partial charge in [-0.05, 0) is 47.2 Å². The van der Waals surface area contributed by atoms with Crippen molar-refractivity contribution in [3.05, 3.63) is 146 Å². The molecule has 8 rings (SSSR count). The fourth-order valence-electron chi connectivity index (χ4n) is 5.72. The largest absolute Gasteiger partial charge is 0.309 e. The number of aromatic nitrogens is 4. The summed E-state index contributed by atoms with van der Waals surface area (Å²) in [4.78, 5) is 14.8. The lowest BCUT2D eigenvalue weighted by atomic mass is 10.0. The standard InChI is InChI=1S/C37H24N4/c1-4-13-26(14-5-1)35-38-36(27-15-6-2-7-16-27)40-37(39-35)28-21-22-32-31(24-28)34-30-19-11-10-12-25(30)20-23-33(34)41(32)29-17-8-3-9-18-29/h1-24H. The first-order chi connectivity index (χ1) is 20.3. The molecular weight excluding hydrogens is 500 g/mol. The Labute approximate surface area is 237 Å². The molecule has 0 N–H and O–H groups in total. The van der Waals surface area contributed by atoms with Gasteiger partial charge in [0.25, 0.3) is 0 Å². The Kier molecular flexibility index (Phi) is 5.42. The maximum absolute atomic E-state index is 4.98. The summed E-state index contributed by atoms with van der Waals surface area (Å²) < 4.78 is 2.35. The number of benzene rings is 6. The third kappa shape index (κ3) is 3.97. The first-order valence-corrected chi connectivity index (χ1v) is 13.7. The van der Waals surface area contributed by atoms with E-state index in [2.05, 4.69) is 89.5 Å². The third-order valence-electron chi connectivity index (χ3n) is 7.63. The molecule has 0 aliphatic rings. The van der Waals surface area contributed by atoms with Crippen LogP contribution in [0.1, 0.15) is 0 Å². The van der Waals surface area contributed by atoms with Crippen LogP contribution in [0.25, 0.3) is 72.4 Å². The van der Waals surface area contributed by atoms with Crippen molar-refractivity contribution in [3.63, 3.8) is 0 Å². The van der Waals surface area contributed by atoms with E-state index in [1.54, 1.807) is 0 Å². The summed E-state index contributed by atoms with van der Waals surface area (Å²) in [5.41, 5.74) is 6.32. The number of para-hydroxylation sites is 1. The van der Waals surface area contributed by atoms with Gasteiger partial charge in [0.1, 0.15) is 0 Å². The zero-order valence-electron chi connectivity index (χ0n) is 22.1. The number of fused-ring (bicyclic) bond motifs is 5. The van der Waals surface area contributed by atoms with Crippen LogP contribution in [0, 0.1) is 0 Å². The normalized spacial score (nSPS) is 11.4. The Hall–Kier alpha value is -5.61. The van der Waals surface area contributed by atoms with Crippen LogP contribution in [-0.4, -0.2) is 19.5 Å². The Morgan fingerprint density at radius 2 is 0.927 bits per heavy atom. The monoisotopic (exact) mass is 524 g/mol. The second-order valence-electron chi connectivity index (χ2n) is 10.1. The quantitative estimate of drug-likeness (QED) is 0.231. The summed E-state index contributed by atoms with van der Waals surface area (Å²) in [5.74, 6) is 1.97. The first kappa shape index (κ1) is 23.3. The Bertz CT molecular complexity index is 2130. The van der Waals surface area contributed by atoms with Crippen molar-refractivity contribution in [2.75, 3.05) is 0 Å². The first-order valence-electron chi connectivity index (χ1n) is 13.7. The van der Waals surface area contributed by atoms with Gasteiger partial charge in [-0.3, -0.25) is 0 Å². The summed E-state index contributed by atoms with van der Waals surface area (Å²) in [6.45, 7) is 0. The molecule has 41 heavy (non-hydrogen) atoms. The fourth-order valence-corrected chi connectivity index (χ4v) is 5.72. The molecule has 2 heterocycles. The smallest absolute Gasteiger partial charge is 0.164 e. The molecule has 0 bridgehead atoms. The highest BCUT2D eigenvalue weighted by Gasteiger charge is 2.17. The molecular formula is C37H24N4. The molecule has 2 aromatic heterocycles. The molecule has 0 unspecified atom stereocenters. The van der Waals surface area contributed by atoms with Gasteiger partial charge in [-0.2, -0.15) is 0 Å². The van der Waals surface area contributed by atoms with Crippen LogP contribution in [-0.2, 0) is 0 Å². The molecule has 0 fully saturated rings. The van der Waals surface area contributed by atoms with E-state index in [0.717, 1.165) is 27.9 Å². The molecule has 192 valence electrons. The van der Waals surface area contributed by atoms with Crippen molar-refractivity contribution >= 4 is 32.6 Å². The summed E-state index contributed by atoms with van der Waals surface area (Å²) in [7, 11) is 0. The maximum atomic E-state index is 4.98. The highest BCUT2D eigenvalue weighted by Crippen LogP contribution is 2.38. The molecule has 0 saturated heterocycles. The van der Waals surface area contributed by atoms with Gasteiger partial charge >= 0.3 is 0 Å². The number of hydrogen-bond donors (Lipinski definition) is 0. The molecule has 0 amide bonds. The van der Waals surface area contributed by atoms with Gasteiger partial charge in [0.2, 0.25) is 0 Å². The zero-order valence-corrected chi connectivity index (χ0v) is 22.1. The van der Waals surface area contributed by atoms with E-state index in [1.807, 2.05) is 60.7 Å². The molecule has 4 nitrogen and oxygen atoms in total. The highest BCUT2D eigenvalue weighted by molar-refractivity contribution is 6.21. The van der Waals surface area contributed by atoms with Gasteiger partial charge in [0, 0.05) is 33.2 Å². The second kappa shape index (κ2) is 9.54. The Morgan fingerprint density at radius 3 is 1.59 bits per heavy atom. The van der Waals surface area contributed by atoms with Crippen molar-refractivity contribution < 1.29 is 0 Å². The highest BCUT2D eigenvalue weighted by atomic mass is 15.0. The van der Waals surface area contributed by atoms with Crippen LogP contribution in [0.15, 0.2) is 146 Å². The van der Waals surface area contributed by atoms with E-state index in [1.165, 1.54) is 27.1 Å². The predicted octanol–water partition coefficient (Wildman–Crippen LogP) is 9.12. The van der Waals surface area contributed by atoms with Crippen LogP contribution in [0.4, 0.5) is 0 Å². The minimum atomic E-state index is 0.653. The van der Waals surface area contributed by atoms with E-state index >= 15 is 0 Å². The summed E-state index contributed by atoms with van der Waals surface area (Å²) in [5, 5.41) is 4.84. The van der Waals surface area contributed by atoms with Gasteiger partial charge in [-0.25, -0.2) is 15.0 Å². The molecule has 0 saturated carbocycles. The van der Waals surface area contributed by atoms with Crippen LogP contribution in [0.3, 0.4) is 0 Å². The molecule has 0 spiro atoms. The Balaban J connectivity index is 1.42. The summed E-state index contributed by atoms with van der Waals surface area (Å²) in [6, 6.07) is 50.3. The van der Waals surface area contributed by atoms with Gasteiger partial charge in [-0.15, -0.1) is 0 Å². The lowest BCUT2D eigenvalue weighted by molar-refractivity contribution is 1.07. The minimum Gasteiger partial charge on any atom is -0.309 e. The van der Waals surface area contributed by atoms with E-state index in [4.69, 9.17) is 15.0 Å². The molecule has 8 aromatic rings. The summed E-state index contributed by atoms with van der Waals surface area (Å²) >= 11 is 0. The van der Waals surface area contributed by atoms with Crippen molar-refractivity contribution in [1.82, 2.24) is 19.5 Å². The van der Waals surface area contributed by atoms with Crippen LogP contribution >= 0.6 is 0 Å². The van der Waals surface area contributed by atoms with E-state index < -0.39 is 0 Å². The molecule has 0 aliphatic heterocycles. The fraction of sp³-hybridized carbons (Fsp3) is 0. The molecule has 4 heteroatoms. The van der Waals surface area contributed by atoms with Crippen molar-refractivity contribution in [3.8, 4) is 39.9 Å². The predicted molar refractivity (Wildman–Crippen MR) is 168 cm³/mol. The molecule has 0 radical (unpaired) electrons. The van der Waals surface area contributed by atoms with E-state index in [0.29, 0.717) is 17.5 Å². The number of rotatable bonds is 4. The van der Waals surface area contributed by atoms with E-state index in [9.17, 15) is 0 Å². The average molecular weight is 525 g/mol. The van der Waals surface area contributed by atoms with Gasteiger partial charge in [0.05, 0.1) is 11.0 Å². The van der Waals surface area contributed by atoms with Crippen molar-refractivity contribution in [1.29, 1.82) is 0 Å². The van der Waals surface area contributed by atoms with Gasteiger partial charge < -0.3 is 4.57 Å². The molecule has 6 aromatic carbocycles. The Morgan fingerprint density at radius 1 is 0.390 bits per heavy atom. The summed E-state index contributed by atoms with van der Waals surface area (Å²) in [6.07, 6.45) is 0. The topological polar surface area (TPSA) is 43.6 Å². The van der Waals surface area contributed by atoms with Crippen molar-refractivity contribution in [2.24, 2.45) is 0 Å². The van der Waals surface area contributed by atoms with Crippen molar-refractivity contribution in [2.45, 2.75) is 0 Å². The third-order valence-corrected chi connectivity index (χ3v) is 7.63. The van der Waals surface area contributed by atoms with Crippen LogP contribution in [0.5, 0.6) is 0 Å². The van der Waals surface area contributed by atoms with E-state index in [-0.39, 0.29) is 0 Å². The zero-order chi connectivity index (χ0) is 27.2. The minimum absolute atomic E-state index is 0.653. The van der Waals surface area contributed by atoms with Crippen LogP contribution in [0.2, 0.25) is 0 Å². The lowest BCUT2D eigenvalue weighted by Crippen LogP contribution is -2.00. The lowest BCUT2D eigenvalue weighted by Gasteiger charge is -2.09. The maximum Gasteiger partial charge on any atom is 0.164 e. The van der Waals surface area contributed by atoms with Crippen LogP contribution < -0.4 is 0 Å². The second-order valence-corrected chi connectivity index (χ2v) is 10.1.